The molecule has 0 aliphatic carbocycles. The number of rotatable bonds is 2. The van der Waals surface area contributed by atoms with Crippen molar-refractivity contribution in [3.8, 4) is 17.0 Å². The van der Waals surface area contributed by atoms with Crippen LogP contribution >= 0.6 is 0 Å². The number of phenols is 1. The van der Waals surface area contributed by atoms with Gasteiger partial charge in [0, 0.05) is 12.6 Å². The first-order valence-electron chi connectivity index (χ1n) is 4.60. The second-order valence-electron chi connectivity index (χ2n) is 3.10. The van der Waals surface area contributed by atoms with E-state index >= 15 is 0 Å². The molecule has 4 nitrogen and oxygen atoms in total. The Bertz CT molecular complexity index is 436. The van der Waals surface area contributed by atoms with E-state index in [2.05, 4.69) is 15.5 Å². The predicted octanol–water partition coefficient (Wildman–Crippen LogP) is 1.89. The number of aromatic nitrogens is 2. The van der Waals surface area contributed by atoms with Gasteiger partial charge >= 0.3 is 0 Å². The SMILES string of the molecule is CNc1ccc(-c2ccc(O)cc2)nn1. The molecule has 1 heterocycles. The molecule has 4 heteroatoms. The van der Waals surface area contributed by atoms with Crippen LogP contribution in [-0.2, 0) is 0 Å². The molecule has 0 unspecified atom stereocenters. The van der Waals surface area contributed by atoms with E-state index in [1.54, 1.807) is 31.3 Å². The number of aromatic hydroxyl groups is 1. The van der Waals surface area contributed by atoms with Crippen LogP contribution in [-0.4, -0.2) is 22.4 Å². The zero-order valence-corrected chi connectivity index (χ0v) is 8.31. The van der Waals surface area contributed by atoms with Crippen molar-refractivity contribution in [3.63, 3.8) is 0 Å². The molecule has 0 radical (unpaired) electrons. The molecular weight excluding hydrogens is 190 g/mol. The number of nitrogens with zero attached hydrogens (tertiary/aromatic N) is 2. The fourth-order valence-electron chi connectivity index (χ4n) is 1.25. The maximum Gasteiger partial charge on any atom is 0.148 e. The molecule has 15 heavy (non-hydrogen) atoms. The summed E-state index contributed by atoms with van der Waals surface area (Å²) in [6, 6.07) is 10.6. The van der Waals surface area contributed by atoms with Gasteiger partial charge in [0.05, 0.1) is 5.69 Å². The number of hydrogen-bond acceptors (Lipinski definition) is 4. The number of nitrogens with one attached hydrogen (secondary N) is 1. The third kappa shape index (κ3) is 2.04. The molecule has 0 saturated carbocycles. The van der Waals surface area contributed by atoms with Gasteiger partial charge in [-0.15, -0.1) is 10.2 Å². The Kier molecular flexibility index (Phi) is 2.49. The molecule has 0 fully saturated rings. The van der Waals surface area contributed by atoms with E-state index in [1.165, 1.54) is 0 Å². The summed E-state index contributed by atoms with van der Waals surface area (Å²) in [5, 5.41) is 20.1. The zero-order valence-electron chi connectivity index (χ0n) is 8.31. The Hall–Kier alpha value is -2.10. The Labute approximate surface area is 87.6 Å². The molecule has 0 aliphatic heterocycles. The van der Waals surface area contributed by atoms with Crippen molar-refractivity contribution < 1.29 is 5.11 Å². The van der Waals surface area contributed by atoms with Crippen LogP contribution in [0.3, 0.4) is 0 Å². The fourth-order valence-corrected chi connectivity index (χ4v) is 1.25. The van der Waals surface area contributed by atoms with E-state index in [1.807, 2.05) is 12.1 Å². The van der Waals surface area contributed by atoms with Gasteiger partial charge in [-0.25, -0.2) is 0 Å². The summed E-state index contributed by atoms with van der Waals surface area (Å²) in [5.41, 5.74) is 1.72. The standard InChI is InChI=1S/C11H11N3O/c1-12-11-7-6-10(13-14-11)8-2-4-9(15)5-3-8/h2-7,15H,1H3,(H,12,14). The number of phenolic OH excluding ortho intramolecular Hbond substituents is 1. The highest BCUT2D eigenvalue weighted by atomic mass is 16.3. The minimum atomic E-state index is 0.249. The van der Waals surface area contributed by atoms with Gasteiger partial charge in [-0.3, -0.25) is 0 Å². The van der Waals surface area contributed by atoms with Crippen LogP contribution in [0.2, 0.25) is 0 Å². The normalized spacial score (nSPS) is 9.93. The first-order chi connectivity index (χ1) is 7.29. The molecule has 0 spiro atoms. The lowest BCUT2D eigenvalue weighted by atomic mass is 10.1. The lowest BCUT2D eigenvalue weighted by Crippen LogP contribution is -1.94. The van der Waals surface area contributed by atoms with E-state index in [0.717, 1.165) is 17.1 Å². The van der Waals surface area contributed by atoms with E-state index < -0.39 is 0 Å². The van der Waals surface area contributed by atoms with E-state index in [-0.39, 0.29) is 5.75 Å². The maximum atomic E-state index is 9.14. The fraction of sp³-hybridized carbons (Fsp3) is 0.0909. The third-order valence-electron chi connectivity index (χ3n) is 2.08. The molecule has 0 aliphatic rings. The summed E-state index contributed by atoms with van der Waals surface area (Å²) >= 11 is 0. The monoisotopic (exact) mass is 201 g/mol. The minimum Gasteiger partial charge on any atom is -0.508 e. The van der Waals surface area contributed by atoms with Crippen LogP contribution in [0.5, 0.6) is 5.75 Å². The second-order valence-corrected chi connectivity index (χ2v) is 3.10. The number of hydrogen-bond donors (Lipinski definition) is 2. The lowest BCUT2D eigenvalue weighted by Gasteiger charge is -2.01. The van der Waals surface area contributed by atoms with Crippen LogP contribution < -0.4 is 5.32 Å². The van der Waals surface area contributed by atoms with Crippen LogP contribution in [0.15, 0.2) is 36.4 Å². The van der Waals surface area contributed by atoms with Crippen molar-refractivity contribution in [2.45, 2.75) is 0 Å². The van der Waals surface area contributed by atoms with E-state index in [9.17, 15) is 0 Å². The Morgan fingerprint density at radius 1 is 1.00 bits per heavy atom. The van der Waals surface area contributed by atoms with Gasteiger partial charge in [-0.1, -0.05) is 0 Å². The molecule has 76 valence electrons. The Morgan fingerprint density at radius 3 is 2.27 bits per heavy atom. The maximum absolute atomic E-state index is 9.14. The lowest BCUT2D eigenvalue weighted by molar-refractivity contribution is 0.475. The van der Waals surface area contributed by atoms with Gasteiger partial charge in [0.1, 0.15) is 11.6 Å². The highest BCUT2D eigenvalue weighted by Gasteiger charge is 1.99. The zero-order chi connectivity index (χ0) is 10.7. The first kappa shape index (κ1) is 9.45. The van der Waals surface area contributed by atoms with Crippen molar-refractivity contribution >= 4 is 5.82 Å². The molecule has 1 aromatic carbocycles. The van der Waals surface area contributed by atoms with E-state index in [0.29, 0.717) is 0 Å². The molecule has 2 N–H and O–H groups in total. The summed E-state index contributed by atoms with van der Waals surface area (Å²) < 4.78 is 0. The highest BCUT2D eigenvalue weighted by molar-refractivity contribution is 5.60. The van der Waals surface area contributed by atoms with Gasteiger partial charge in [-0.05, 0) is 36.4 Å². The van der Waals surface area contributed by atoms with Gasteiger partial charge in [-0.2, -0.15) is 0 Å². The summed E-state index contributed by atoms with van der Waals surface area (Å²) in [6.45, 7) is 0. The largest absolute Gasteiger partial charge is 0.508 e. The van der Waals surface area contributed by atoms with Crippen molar-refractivity contribution in [1.82, 2.24) is 10.2 Å². The van der Waals surface area contributed by atoms with Crippen LogP contribution in [0.4, 0.5) is 5.82 Å². The quantitative estimate of drug-likeness (QED) is 0.779. The van der Waals surface area contributed by atoms with Crippen molar-refractivity contribution in [1.29, 1.82) is 0 Å². The molecule has 0 bridgehead atoms. The predicted molar refractivity (Wildman–Crippen MR) is 58.7 cm³/mol. The summed E-state index contributed by atoms with van der Waals surface area (Å²) in [7, 11) is 1.80. The molecular formula is C11H11N3O. The average molecular weight is 201 g/mol. The van der Waals surface area contributed by atoms with Crippen LogP contribution in [0.25, 0.3) is 11.3 Å². The van der Waals surface area contributed by atoms with Crippen LogP contribution in [0.1, 0.15) is 0 Å². The summed E-state index contributed by atoms with van der Waals surface area (Å²) in [5.74, 6) is 0.982. The number of benzene rings is 1. The minimum absolute atomic E-state index is 0.249. The summed E-state index contributed by atoms with van der Waals surface area (Å²) in [6.07, 6.45) is 0. The third-order valence-corrected chi connectivity index (χ3v) is 2.08. The molecule has 0 saturated heterocycles. The molecule has 0 amide bonds. The topological polar surface area (TPSA) is 58.0 Å². The molecule has 2 rings (SSSR count). The van der Waals surface area contributed by atoms with Crippen molar-refractivity contribution in [3.05, 3.63) is 36.4 Å². The van der Waals surface area contributed by atoms with Crippen molar-refractivity contribution in [2.75, 3.05) is 12.4 Å². The van der Waals surface area contributed by atoms with Crippen molar-refractivity contribution in [2.24, 2.45) is 0 Å². The smallest absolute Gasteiger partial charge is 0.148 e. The highest BCUT2D eigenvalue weighted by Crippen LogP contribution is 2.19. The van der Waals surface area contributed by atoms with Gasteiger partial charge in [0.25, 0.3) is 0 Å². The summed E-state index contributed by atoms with van der Waals surface area (Å²) in [4.78, 5) is 0. The number of anilines is 1. The van der Waals surface area contributed by atoms with Gasteiger partial charge < -0.3 is 10.4 Å². The van der Waals surface area contributed by atoms with E-state index in [4.69, 9.17) is 5.11 Å². The Balaban J connectivity index is 2.33. The van der Waals surface area contributed by atoms with Gasteiger partial charge in [0.2, 0.25) is 0 Å². The molecule has 1 aromatic heterocycles. The first-order valence-corrected chi connectivity index (χ1v) is 4.60. The average Bonchev–Trinajstić information content (AvgIpc) is 2.30. The van der Waals surface area contributed by atoms with Gasteiger partial charge in [0.15, 0.2) is 0 Å². The second kappa shape index (κ2) is 3.96. The Morgan fingerprint density at radius 2 is 1.73 bits per heavy atom. The molecule has 0 atom stereocenters. The molecule has 2 aromatic rings. The van der Waals surface area contributed by atoms with Crippen LogP contribution in [0, 0.1) is 0 Å².